The van der Waals surface area contributed by atoms with Gasteiger partial charge >= 0.3 is 23.3 Å². The van der Waals surface area contributed by atoms with Crippen molar-refractivity contribution in [1.29, 1.82) is 0 Å². The summed E-state index contributed by atoms with van der Waals surface area (Å²) in [5.41, 5.74) is 0.538. The average Bonchev–Trinajstić information content (AvgIpc) is 2.91. The molecule has 2 rings (SSSR count). The van der Waals surface area contributed by atoms with E-state index >= 15 is 0 Å². The molecule has 0 aromatic heterocycles. The van der Waals surface area contributed by atoms with Gasteiger partial charge in [0.1, 0.15) is 0 Å². The van der Waals surface area contributed by atoms with Crippen LogP contribution in [0, 0.1) is 34.1 Å². The Kier molecular flexibility index (Phi) is 10.6. The van der Waals surface area contributed by atoms with Gasteiger partial charge in [0.15, 0.2) is 24.7 Å². The van der Waals surface area contributed by atoms with Crippen molar-refractivity contribution in [2.24, 2.45) is 0 Å². The largest absolute Gasteiger partial charge is 0.490 e. The lowest BCUT2D eigenvalue weighted by atomic mass is 10.1. The summed E-state index contributed by atoms with van der Waals surface area (Å²) in [5.74, 6) is -3.83. The molecule has 0 saturated carbocycles. The van der Waals surface area contributed by atoms with Crippen molar-refractivity contribution >= 4 is 46.5 Å². The van der Waals surface area contributed by atoms with Crippen LogP contribution in [0.5, 0.6) is 11.5 Å². The zero-order chi connectivity index (χ0) is 30.0. The van der Waals surface area contributed by atoms with E-state index < -0.39 is 46.8 Å². The summed E-state index contributed by atoms with van der Waals surface area (Å²) in [6.07, 6.45) is 1.36. The van der Waals surface area contributed by atoms with E-state index in [1.807, 2.05) is 0 Å². The second-order valence-electron chi connectivity index (χ2n) is 7.84. The lowest BCUT2D eigenvalue weighted by molar-refractivity contribution is -0.385. The lowest BCUT2D eigenvalue weighted by Crippen LogP contribution is -2.21. The molecule has 16 nitrogen and oxygen atoms in total. The Balaban J connectivity index is 1.84. The number of nitrogens with zero attached hydrogens (tertiary/aromatic N) is 2. The predicted molar refractivity (Wildman–Crippen MR) is 137 cm³/mol. The van der Waals surface area contributed by atoms with Crippen molar-refractivity contribution in [3.63, 3.8) is 0 Å². The van der Waals surface area contributed by atoms with Gasteiger partial charge in [0.2, 0.25) is 0 Å². The second kappa shape index (κ2) is 13.8. The monoisotopic (exact) mass is 560 g/mol. The SMILES string of the molecule is COc1cc(NC(=O)COC(=O)C=CC(=O)OCC(=O)Nc2cc(OC)c([N+](=O)[O-])cc2C)c(C)cc1[N+](=O)[O-]. The quantitative estimate of drug-likeness (QED) is 0.165. The van der Waals surface area contributed by atoms with Crippen molar-refractivity contribution in [3.8, 4) is 11.5 Å². The van der Waals surface area contributed by atoms with E-state index in [0.717, 1.165) is 0 Å². The number of ether oxygens (including phenoxy) is 4. The fourth-order valence-electron chi connectivity index (χ4n) is 3.11. The lowest BCUT2D eigenvalue weighted by Gasteiger charge is -2.11. The van der Waals surface area contributed by atoms with Crippen molar-refractivity contribution in [3.05, 3.63) is 67.8 Å². The maximum absolute atomic E-state index is 12.1. The topological polar surface area (TPSA) is 216 Å². The van der Waals surface area contributed by atoms with Crippen LogP contribution in [0.1, 0.15) is 11.1 Å². The molecule has 2 N–H and O–H groups in total. The molecule has 16 heteroatoms. The number of nitro groups is 2. The van der Waals surface area contributed by atoms with E-state index in [2.05, 4.69) is 10.6 Å². The number of benzene rings is 2. The standard InChI is InChI=1S/C24H24N4O12/c1-13-7-17(27(33)34)19(37-3)9-15(13)25-21(29)11-39-23(31)5-6-24(32)40-12-22(30)26-16-10-20(38-4)18(28(35)36)8-14(16)2/h5-10H,11-12H2,1-4H3,(H,25,29)(H,26,30). The molecule has 0 radical (unpaired) electrons. The molecule has 0 aliphatic rings. The van der Waals surface area contributed by atoms with E-state index in [1.54, 1.807) is 0 Å². The van der Waals surface area contributed by atoms with Gasteiger partial charge in [0.05, 0.1) is 24.1 Å². The van der Waals surface area contributed by atoms with Crippen LogP contribution in [0.25, 0.3) is 0 Å². The first kappa shape index (κ1) is 30.7. The molecule has 2 amide bonds. The van der Waals surface area contributed by atoms with Crippen molar-refractivity contribution in [2.75, 3.05) is 38.1 Å². The predicted octanol–water partition coefficient (Wildman–Crippen LogP) is 2.36. The molecule has 0 bridgehead atoms. The molecule has 2 aromatic carbocycles. The van der Waals surface area contributed by atoms with E-state index in [1.165, 1.54) is 52.3 Å². The molecule has 2 aromatic rings. The van der Waals surface area contributed by atoms with Crippen molar-refractivity contribution in [1.82, 2.24) is 0 Å². The molecule has 0 aliphatic heterocycles. The summed E-state index contributed by atoms with van der Waals surface area (Å²) in [6.45, 7) is 1.56. The van der Waals surface area contributed by atoms with E-state index in [9.17, 15) is 39.4 Å². The fraction of sp³-hybridized carbons (Fsp3) is 0.250. The van der Waals surface area contributed by atoms with Crippen LogP contribution < -0.4 is 20.1 Å². The zero-order valence-corrected chi connectivity index (χ0v) is 21.7. The van der Waals surface area contributed by atoms with Crippen molar-refractivity contribution < 1.29 is 48.0 Å². The average molecular weight is 560 g/mol. The van der Waals surface area contributed by atoms with E-state index in [-0.39, 0.29) is 34.2 Å². The van der Waals surface area contributed by atoms with Crippen molar-refractivity contribution in [2.45, 2.75) is 13.8 Å². The number of aryl methyl sites for hydroxylation is 2. The third kappa shape index (κ3) is 8.51. The first-order valence-corrected chi connectivity index (χ1v) is 11.1. The molecule has 0 spiro atoms. The van der Waals surface area contributed by atoms with E-state index in [0.29, 0.717) is 23.3 Å². The highest BCUT2D eigenvalue weighted by molar-refractivity contribution is 5.97. The summed E-state index contributed by atoms with van der Waals surface area (Å²) in [4.78, 5) is 68.7. The van der Waals surface area contributed by atoms with Gasteiger partial charge in [-0.25, -0.2) is 9.59 Å². The Morgan fingerprint density at radius 2 is 1.07 bits per heavy atom. The zero-order valence-electron chi connectivity index (χ0n) is 21.7. The molecule has 212 valence electrons. The number of rotatable bonds is 12. The number of hydrogen-bond donors (Lipinski definition) is 2. The first-order chi connectivity index (χ1) is 18.9. The number of anilines is 2. The van der Waals surface area contributed by atoms with Gasteiger partial charge in [-0.15, -0.1) is 0 Å². The summed E-state index contributed by atoms with van der Waals surface area (Å²) in [7, 11) is 2.46. The maximum Gasteiger partial charge on any atom is 0.331 e. The van der Waals surface area contributed by atoms with Gasteiger partial charge in [-0.3, -0.25) is 29.8 Å². The number of carbonyl (C=O) groups is 4. The van der Waals surface area contributed by atoms with Gasteiger partial charge in [0.25, 0.3) is 11.8 Å². The highest BCUT2D eigenvalue weighted by Crippen LogP contribution is 2.33. The van der Waals surface area contributed by atoms with Crippen LogP contribution in [-0.4, -0.2) is 61.0 Å². The van der Waals surface area contributed by atoms with Gasteiger partial charge in [-0.2, -0.15) is 0 Å². The highest BCUT2D eigenvalue weighted by atomic mass is 16.6. The van der Waals surface area contributed by atoms with Gasteiger partial charge in [0, 0.05) is 47.8 Å². The number of methoxy groups -OCH3 is 2. The highest BCUT2D eigenvalue weighted by Gasteiger charge is 2.20. The van der Waals surface area contributed by atoms with E-state index in [4.69, 9.17) is 18.9 Å². The number of amides is 2. The number of carbonyl (C=O) groups excluding carboxylic acids is 4. The number of nitro benzene ring substituents is 2. The second-order valence-corrected chi connectivity index (χ2v) is 7.84. The third-order valence-electron chi connectivity index (χ3n) is 5.04. The Bertz CT molecular complexity index is 1280. The number of esters is 2. The minimum Gasteiger partial charge on any atom is -0.490 e. The van der Waals surface area contributed by atoms with Gasteiger partial charge in [-0.05, 0) is 25.0 Å². The third-order valence-corrected chi connectivity index (χ3v) is 5.04. The minimum absolute atomic E-state index is 0.0828. The van der Waals surface area contributed by atoms with Crippen LogP contribution in [0.15, 0.2) is 36.4 Å². The normalized spacial score (nSPS) is 10.4. The Morgan fingerprint density at radius 1 is 0.725 bits per heavy atom. The van der Waals surface area contributed by atoms with Crippen LogP contribution >= 0.6 is 0 Å². The molecule has 40 heavy (non-hydrogen) atoms. The van der Waals surface area contributed by atoms with Crippen LogP contribution in [-0.2, 0) is 28.7 Å². The molecule has 0 unspecified atom stereocenters. The van der Waals surface area contributed by atoms with Crippen LogP contribution in [0.3, 0.4) is 0 Å². The molecule has 0 fully saturated rings. The number of nitrogens with one attached hydrogen (secondary N) is 2. The van der Waals surface area contributed by atoms with Gasteiger partial charge in [-0.1, -0.05) is 0 Å². The fourth-order valence-corrected chi connectivity index (χ4v) is 3.11. The molecular formula is C24H24N4O12. The minimum atomic E-state index is -1.07. The molecular weight excluding hydrogens is 536 g/mol. The van der Waals surface area contributed by atoms with Gasteiger partial charge < -0.3 is 29.6 Å². The summed E-state index contributed by atoms with van der Waals surface area (Å²) in [6, 6.07) is 4.91. The van der Waals surface area contributed by atoms with Crippen LogP contribution in [0.2, 0.25) is 0 Å². The summed E-state index contributed by atoms with van der Waals surface area (Å²) < 4.78 is 19.3. The Labute approximate surface area is 226 Å². The Morgan fingerprint density at radius 3 is 1.38 bits per heavy atom. The summed E-state index contributed by atoms with van der Waals surface area (Å²) in [5, 5.41) is 27.0. The Hall–Kier alpha value is -5.54. The maximum atomic E-state index is 12.1. The first-order valence-electron chi connectivity index (χ1n) is 11.1. The smallest absolute Gasteiger partial charge is 0.331 e. The molecule has 0 aliphatic carbocycles. The summed E-state index contributed by atoms with van der Waals surface area (Å²) >= 11 is 0. The number of hydrogen-bond acceptors (Lipinski definition) is 12. The molecule has 0 heterocycles. The van der Waals surface area contributed by atoms with Crippen LogP contribution in [0.4, 0.5) is 22.7 Å². The molecule has 0 saturated heterocycles. The molecule has 0 atom stereocenters.